The Balaban J connectivity index is 2.28. The Labute approximate surface area is 131 Å². The molecule has 0 aliphatic heterocycles. The lowest BCUT2D eigenvalue weighted by Crippen LogP contribution is -2.01. The maximum atomic E-state index is 12.2. The fourth-order valence-corrected chi connectivity index (χ4v) is 2.73. The lowest BCUT2D eigenvalue weighted by atomic mass is 9.98. The zero-order valence-corrected chi connectivity index (χ0v) is 14.2. The molecule has 0 aliphatic rings. The van der Waals surface area contributed by atoms with Crippen molar-refractivity contribution in [2.24, 2.45) is 5.92 Å². The summed E-state index contributed by atoms with van der Waals surface area (Å²) in [5.41, 5.74) is 2.19. The molecule has 1 aromatic rings. The van der Waals surface area contributed by atoms with Gasteiger partial charge in [-0.05, 0) is 30.4 Å². The van der Waals surface area contributed by atoms with Gasteiger partial charge in [0.1, 0.15) is 0 Å². The van der Waals surface area contributed by atoms with Crippen molar-refractivity contribution in [3.8, 4) is 0 Å². The minimum Gasteiger partial charge on any atom is -0.294 e. The fourth-order valence-electron chi connectivity index (χ4n) is 2.73. The lowest BCUT2D eigenvalue weighted by Gasteiger charge is -2.07. The summed E-state index contributed by atoms with van der Waals surface area (Å²) in [7, 11) is 0. The summed E-state index contributed by atoms with van der Waals surface area (Å²) in [4.78, 5) is 12.2. The molecule has 118 valence electrons. The zero-order valence-electron chi connectivity index (χ0n) is 14.2. The molecule has 0 fully saturated rings. The predicted molar refractivity (Wildman–Crippen MR) is 91.9 cm³/mol. The van der Waals surface area contributed by atoms with E-state index in [0.717, 1.165) is 18.4 Å². The first-order chi connectivity index (χ1) is 10.1. The third-order valence-electron chi connectivity index (χ3n) is 3.90. The highest BCUT2D eigenvalue weighted by Gasteiger charge is 2.07. The van der Waals surface area contributed by atoms with E-state index in [1.165, 1.54) is 44.1 Å². The Bertz CT molecular complexity index is 406. The van der Waals surface area contributed by atoms with Crippen LogP contribution in [-0.4, -0.2) is 5.78 Å². The summed E-state index contributed by atoms with van der Waals surface area (Å²) in [6.07, 6.45) is 10.6. The van der Waals surface area contributed by atoms with E-state index in [2.05, 4.69) is 32.9 Å². The molecule has 0 spiro atoms. The molecule has 0 amide bonds. The predicted octanol–water partition coefficient (Wildman–Crippen LogP) is 6.21. The van der Waals surface area contributed by atoms with E-state index in [1.54, 1.807) is 0 Å². The van der Waals surface area contributed by atoms with Crippen LogP contribution < -0.4 is 0 Å². The Morgan fingerprint density at radius 3 is 2.33 bits per heavy atom. The van der Waals surface area contributed by atoms with Gasteiger partial charge in [0.15, 0.2) is 5.78 Å². The van der Waals surface area contributed by atoms with E-state index in [4.69, 9.17) is 0 Å². The molecule has 1 rings (SSSR count). The van der Waals surface area contributed by atoms with Crippen LogP contribution in [0, 0.1) is 5.92 Å². The third-order valence-corrected chi connectivity index (χ3v) is 3.90. The molecular formula is C20H32O. The molecule has 0 N–H and O–H groups in total. The van der Waals surface area contributed by atoms with Gasteiger partial charge in [-0.2, -0.15) is 0 Å². The van der Waals surface area contributed by atoms with Gasteiger partial charge >= 0.3 is 0 Å². The molecule has 0 aromatic heterocycles. The number of carbonyl (C=O) groups excluding carboxylic acids is 1. The molecule has 0 aliphatic carbocycles. The standard InChI is InChI=1S/C20H32O/c1-4-5-6-7-8-9-10-14-20(21)19-13-11-12-18(16-19)15-17(2)3/h11-13,16-17H,4-10,14-15H2,1-3H3. The highest BCUT2D eigenvalue weighted by atomic mass is 16.1. The van der Waals surface area contributed by atoms with Crippen molar-refractivity contribution in [1.29, 1.82) is 0 Å². The second-order valence-electron chi connectivity index (χ2n) is 6.59. The van der Waals surface area contributed by atoms with Crippen LogP contribution in [-0.2, 0) is 6.42 Å². The number of unbranched alkanes of at least 4 members (excludes halogenated alkanes) is 6. The molecule has 0 saturated carbocycles. The van der Waals surface area contributed by atoms with Crippen molar-refractivity contribution in [3.05, 3.63) is 35.4 Å². The zero-order chi connectivity index (χ0) is 15.5. The van der Waals surface area contributed by atoms with E-state index >= 15 is 0 Å². The summed E-state index contributed by atoms with van der Waals surface area (Å²) in [6, 6.07) is 8.21. The van der Waals surface area contributed by atoms with Crippen molar-refractivity contribution >= 4 is 5.78 Å². The second-order valence-corrected chi connectivity index (χ2v) is 6.59. The van der Waals surface area contributed by atoms with Gasteiger partial charge in [0.25, 0.3) is 0 Å². The van der Waals surface area contributed by atoms with Crippen LogP contribution in [0.2, 0.25) is 0 Å². The van der Waals surface area contributed by atoms with Crippen LogP contribution in [0.25, 0.3) is 0 Å². The van der Waals surface area contributed by atoms with E-state index in [1.807, 2.05) is 12.1 Å². The highest BCUT2D eigenvalue weighted by molar-refractivity contribution is 5.96. The quantitative estimate of drug-likeness (QED) is 0.349. The van der Waals surface area contributed by atoms with E-state index in [0.29, 0.717) is 18.1 Å². The molecule has 0 unspecified atom stereocenters. The topological polar surface area (TPSA) is 17.1 Å². The summed E-state index contributed by atoms with van der Waals surface area (Å²) in [5, 5.41) is 0. The molecule has 21 heavy (non-hydrogen) atoms. The number of hydrogen-bond donors (Lipinski definition) is 0. The molecule has 1 heteroatoms. The number of carbonyl (C=O) groups is 1. The van der Waals surface area contributed by atoms with Crippen LogP contribution in [0.3, 0.4) is 0 Å². The van der Waals surface area contributed by atoms with Crippen LogP contribution in [0.15, 0.2) is 24.3 Å². The molecule has 1 aromatic carbocycles. The minimum absolute atomic E-state index is 0.314. The average Bonchev–Trinajstić information content (AvgIpc) is 2.45. The Morgan fingerprint density at radius 2 is 1.67 bits per heavy atom. The number of rotatable bonds is 11. The molecule has 0 atom stereocenters. The lowest BCUT2D eigenvalue weighted by molar-refractivity contribution is 0.0979. The van der Waals surface area contributed by atoms with Gasteiger partial charge in [0.2, 0.25) is 0 Å². The van der Waals surface area contributed by atoms with Gasteiger partial charge in [-0.3, -0.25) is 4.79 Å². The summed E-state index contributed by atoms with van der Waals surface area (Å²) in [6.45, 7) is 6.67. The first-order valence-electron chi connectivity index (χ1n) is 8.75. The fraction of sp³-hybridized carbons (Fsp3) is 0.650. The van der Waals surface area contributed by atoms with Crippen molar-refractivity contribution < 1.29 is 4.79 Å². The Hall–Kier alpha value is -1.11. The van der Waals surface area contributed by atoms with Gasteiger partial charge in [0, 0.05) is 12.0 Å². The summed E-state index contributed by atoms with van der Waals surface area (Å²) < 4.78 is 0. The van der Waals surface area contributed by atoms with Gasteiger partial charge in [-0.25, -0.2) is 0 Å². The first kappa shape index (κ1) is 17.9. The van der Waals surface area contributed by atoms with Crippen molar-refractivity contribution in [2.75, 3.05) is 0 Å². The number of ketones is 1. The smallest absolute Gasteiger partial charge is 0.162 e. The number of benzene rings is 1. The van der Waals surface area contributed by atoms with Crippen LogP contribution in [0.1, 0.15) is 88.1 Å². The normalized spacial score (nSPS) is 11.0. The van der Waals surface area contributed by atoms with Gasteiger partial charge in [-0.1, -0.05) is 77.5 Å². The minimum atomic E-state index is 0.314. The average molecular weight is 288 g/mol. The van der Waals surface area contributed by atoms with Crippen molar-refractivity contribution in [3.63, 3.8) is 0 Å². The molecular weight excluding hydrogens is 256 g/mol. The largest absolute Gasteiger partial charge is 0.294 e. The summed E-state index contributed by atoms with van der Waals surface area (Å²) in [5.74, 6) is 0.952. The number of Topliss-reactive ketones (excluding diaryl/α,β-unsaturated/α-hetero) is 1. The molecule has 0 saturated heterocycles. The van der Waals surface area contributed by atoms with E-state index in [-0.39, 0.29) is 0 Å². The maximum Gasteiger partial charge on any atom is 0.162 e. The first-order valence-corrected chi connectivity index (χ1v) is 8.75. The molecule has 0 bridgehead atoms. The van der Waals surface area contributed by atoms with Crippen LogP contribution >= 0.6 is 0 Å². The van der Waals surface area contributed by atoms with Gasteiger partial charge < -0.3 is 0 Å². The molecule has 0 heterocycles. The Kier molecular flexibility index (Phi) is 9.05. The monoisotopic (exact) mass is 288 g/mol. The third kappa shape index (κ3) is 8.04. The molecule has 1 nitrogen and oxygen atoms in total. The van der Waals surface area contributed by atoms with Crippen molar-refractivity contribution in [2.45, 2.75) is 78.6 Å². The maximum absolute atomic E-state index is 12.2. The van der Waals surface area contributed by atoms with E-state index < -0.39 is 0 Å². The Morgan fingerprint density at radius 1 is 1.00 bits per heavy atom. The van der Waals surface area contributed by atoms with Gasteiger partial charge in [0.05, 0.1) is 0 Å². The van der Waals surface area contributed by atoms with E-state index in [9.17, 15) is 4.79 Å². The van der Waals surface area contributed by atoms with Crippen LogP contribution in [0.5, 0.6) is 0 Å². The second kappa shape index (κ2) is 10.6. The van der Waals surface area contributed by atoms with Crippen LogP contribution in [0.4, 0.5) is 0 Å². The number of hydrogen-bond acceptors (Lipinski definition) is 1. The highest BCUT2D eigenvalue weighted by Crippen LogP contribution is 2.14. The molecule has 0 radical (unpaired) electrons. The van der Waals surface area contributed by atoms with Gasteiger partial charge in [-0.15, -0.1) is 0 Å². The summed E-state index contributed by atoms with van der Waals surface area (Å²) >= 11 is 0. The van der Waals surface area contributed by atoms with Crippen molar-refractivity contribution in [1.82, 2.24) is 0 Å². The SMILES string of the molecule is CCCCCCCCCC(=O)c1cccc(CC(C)C)c1.